The molecule has 0 aliphatic rings. The van der Waals surface area contributed by atoms with Gasteiger partial charge in [0.15, 0.2) is 0 Å². The van der Waals surface area contributed by atoms with Crippen molar-refractivity contribution in [1.82, 2.24) is 9.29 Å². The van der Waals surface area contributed by atoms with Crippen molar-refractivity contribution >= 4 is 16.0 Å². The summed E-state index contributed by atoms with van der Waals surface area (Å²) in [4.78, 5) is 10.9. The zero-order valence-electron chi connectivity index (χ0n) is 10.9. The molecule has 1 rings (SSSR count). The molecule has 0 saturated heterocycles. The lowest BCUT2D eigenvalue weighted by Crippen LogP contribution is -2.27. The number of sulfonamides is 1. The predicted molar refractivity (Wildman–Crippen MR) is 68.7 cm³/mol. The summed E-state index contributed by atoms with van der Waals surface area (Å²) in [5, 5.41) is 8.97. The minimum Gasteiger partial charge on any atom is -0.477 e. The van der Waals surface area contributed by atoms with Gasteiger partial charge in [-0.25, -0.2) is 17.9 Å². The van der Waals surface area contributed by atoms with Gasteiger partial charge in [-0.1, -0.05) is 0 Å². The van der Waals surface area contributed by atoms with E-state index in [2.05, 4.69) is 4.72 Å². The molecule has 0 bridgehead atoms. The summed E-state index contributed by atoms with van der Waals surface area (Å²) in [6.07, 6.45) is 1.31. The Morgan fingerprint density at radius 3 is 2.63 bits per heavy atom. The fraction of sp³-hybridized carbons (Fsp3) is 0.545. The first kappa shape index (κ1) is 15.7. The Bertz CT molecular complexity index is 535. The summed E-state index contributed by atoms with van der Waals surface area (Å²) in [7, 11) is -3.70. The number of nitrogens with zero attached hydrogens (tertiary/aromatic N) is 1. The number of nitrogens with one attached hydrogen (secondary N) is 1. The van der Waals surface area contributed by atoms with Gasteiger partial charge in [-0.15, -0.1) is 0 Å². The van der Waals surface area contributed by atoms with Crippen molar-refractivity contribution in [1.29, 1.82) is 0 Å². The van der Waals surface area contributed by atoms with Gasteiger partial charge in [0.05, 0.1) is 6.61 Å². The van der Waals surface area contributed by atoms with Crippen LogP contribution in [0.15, 0.2) is 17.2 Å². The largest absolute Gasteiger partial charge is 0.477 e. The zero-order valence-corrected chi connectivity index (χ0v) is 11.7. The first-order valence-corrected chi connectivity index (χ1v) is 7.41. The number of carboxylic acids is 1. The molecule has 0 aromatic carbocycles. The van der Waals surface area contributed by atoms with E-state index in [1.807, 2.05) is 6.92 Å². The van der Waals surface area contributed by atoms with E-state index < -0.39 is 16.0 Å². The highest BCUT2D eigenvalue weighted by Crippen LogP contribution is 2.14. The molecular formula is C11H18N2O5S. The number of aryl methyl sites for hydroxylation is 1. The van der Waals surface area contributed by atoms with Crippen molar-refractivity contribution in [3.63, 3.8) is 0 Å². The van der Waals surface area contributed by atoms with Crippen LogP contribution in [0.1, 0.15) is 24.3 Å². The maximum absolute atomic E-state index is 11.9. The number of aromatic nitrogens is 1. The summed E-state index contributed by atoms with van der Waals surface area (Å²) < 4.78 is 32.6. The lowest BCUT2D eigenvalue weighted by Gasteiger charge is -2.04. The van der Waals surface area contributed by atoms with Gasteiger partial charge in [0.25, 0.3) is 0 Å². The molecule has 2 N–H and O–H groups in total. The van der Waals surface area contributed by atoms with Crippen molar-refractivity contribution in [3.05, 3.63) is 18.0 Å². The van der Waals surface area contributed by atoms with Gasteiger partial charge in [-0.3, -0.25) is 0 Å². The van der Waals surface area contributed by atoms with Gasteiger partial charge >= 0.3 is 5.97 Å². The molecule has 19 heavy (non-hydrogen) atoms. The average molecular weight is 290 g/mol. The summed E-state index contributed by atoms with van der Waals surface area (Å²) in [6.45, 7) is 4.87. The molecule has 7 nitrogen and oxygen atoms in total. The van der Waals surface area contributed by atoms with Crippen molar-refractivity contribution in [2.24, 2.45) is 0 Å². The van der Waals surface area contributed by atoms with Gasteiger partial charge in [0.2, 0.25) is 10.0 Å². The van der Waals surface area contributed by atoms with Crippen molar-refractivity contribution < 1.29 is 23.1 Å². The van der Waals surface area contributed by atoms with Gasteiger partial charge in [0, 0.05) is 25.9 Å². The molecule has 8 heteroatoms. The van der Waals surface area contributed by atoms with Gasteiger partial charge < -0.3 is 14.4 Å². The fourth-order valence-corrected chi connectivity index (χ4v) is 2.60. The van der Waals surface area contributed by atoms with Crippen LogP contribution in [0.25, 0.3) is 0 Å². The Hall–Kier alpha value is -1.38. The molecule has 0 unspecified atom stereocenters. The second-order valence-electron chi connectivity index (χ2n) is 3.75. The standard InChI is InChI=1S/C11H18N2O5S/c1-3-13-8-9(7-10(13)11(14)15)19(16,17)12-5-6-18-4-2/h7-8,12H,3-6H2,1-2H3,(H,14,15). The molecular weight excluding hydrogens is 272 g/mol. The molecule has 1 aromatic heterocycles. The normalized spacial score (nSPS) is 11.7. The van der Waals surface area contributed by atoms with Crippen LogP contribution in [-0.2, 0) is 21.3 Å². The SMILES string of the molecule is CCOCCNS(=O)(=O)c1cc(C(=O)O)n(CC)c1. The number of ether oxygens (including phenoxy) is 1. The van der Waals surface area contributed by atoms with Crippen molar-refractivity contribution in [3.8, 4) is 0 Å². The highest BCUT2D eigenvalue weighted by molar-refractivity contribution is 7.89. The maximum Gasteiger partial charge on any atom is 0.352 e. The number of hydrogen-bond acceptors (Lipinski definition) is 4. The van der Waals surface area contributed by atoms with Gasteiger partial charge in [-0.05, 0) is 19.9 Å². The van der Waals surface area contributed by atoms with Crippen LogP contribution < -0.4 is 4.72 Å². The average Bonchev–Trinajstić information content (AvgIpc) is 2.79. The van der Waals surface area contributed by atoms with Crippen molar-refractivity contribution in [2.75, 3.05) is 19.8 Å². The van der Waals surface area contributed by atoms with Crippen LogP contribution in [-0.4, -0.2) is 43.8 Å². The number of rotatable bonds is 8. The quantitative estimate of drug-likeness (QED) is 0.680. The number of aromatic carboxylic acids is 1. The summed E-state index contributed by atoms with van der Waals surface area (Å²) in [5.74, 6) is -1.15. The van der Waals surface area contributed by atoms with Crippen molar-refractivity contribution in [2.45, 2.75) is 25.3 Å². The third-order valence-corrected chi connectivity index (χ3v) is 3.91. The molecule has 0 amide bonds. The second-order valence-corrected chi connectivity index (χ2v) is 5.51. The monoisotopic (exact) mass is 290 g/mol. The molecule has 108 valence electrons. The lowest BCUT2D eigenvalue weighted by molar-refractivity contribution is 0.0685. The van der Waals surface area contributed by atoms with E-state index in [-0.39, 0.29) is 23.7 Å². The van der Waals surface area contributed by atoms with Crippen LogP contribution in [0.3, 0.4) is 0 Å². The van der Waals surface area contributed by atoms with E-state index in [1.54, 1.807) is 6.92 Å². The topological polar surface area (TPSA) is 97.6 Å². The minimum absolute atomic E-state index is 0.0484. The van der Waals surface area contributed by atoms with E-state index in [1.165, 1.54) is 10.8 Å². The molecule has 0 aliphatic heterocycles. The molecule has 1 aromatic rings. The molecule has 0 fully saturated rings. The first-order valence-electron chi connectivity index (χ1n) is 5.93. The van der Waals surface area contributed by atoms with Crippen LogP contribution in [0.4, 0.5) is 0 Å². The minimum atomic E-state index is -3.70. The van der Waals surface area contributed by atoms with E-state index in [0.717, 1.165) is 6.07 Å². The molecule has 1 heterocycles. The third-order valence-electron chi connectivity index (χ3n) is 2.48. The van der Waals surface area contributed by atoms with E-state index >= 15 is 0 Å². The van der Waals surface area contributed by atoms with Crippen LogP contribution in [0.2, 0.25) is 0 Å². The lowest BCUT2D eigenvalue weighted by atomic mass is 10.4. The smallest absolute Gasteiger partial charge is 0.352 e. The van der Waals surface area contributed by atoms with E-state index in [4.69, 9.17) is 9.84 Å². The molecule has 0 saturated carbocycles. The summed E-state index contributed by atoms with van der Waals surface area (Å²) in [5.41, 5.74) is -0.0484. The third kappa shape index (κ3) is 4.05. The highest BCUT2D eigenvalue weighted by Gasteiger charge is 2.20. The number of hydrogen-bond donors (Lipinski definition) is 2. The zero-order chi connectivity index (χ0) is 14.5. The second kappa shape index (κ2) is 6.69. The Balaban J connectivity index is 2.86. The molecule has 0 aliphatic carbocycles. The van der Waals surface area contributed by atoms with Gasteiger partial charge in [-0.2, -0.15) is 0 Å². The summed E-state index contributed by atoms with van der Waals surface area (Å²) >= 11 is 0. The summed E-state index contributed by atoms with van der Waals surface area (Å²) in [6, 6.07) is 1.15. The molecule has 0 atom stereocenters. The fourth-order valence-electron chi connectivity index (χ4n) is 1.55. The van der Waals surface area contributed by atoms with Crippen LogP contribution >= 0.6 is 0 Å². The predicted octanol–water partition coefficient (Wildman–Crippen LogP) is 0.521. The Kier molecular flexibility index (Phi) is 5.52. The molecule has 0 spiro atoms. The van der Waals surface area contributed by atoms with Crippen LogP contribution in [0, 0.1) is 0 Å². The molecule has 0 radical (unpaired) electrons. The van der Waals surface area contributed by atoms with E-state index in [9.17, 15) is 13.2 Å². The number of carboxylic acid groups (broad SMARTS) is 1. The Labute approximate surface area is 112 Å². The van der Waals surface area contributed by atoms with Gasteiger partial charge in [0.1, 0.15) is 10.6 Å². The Morgan fingerprint density at radius 1 is 1.47 bits per heavy atom. The Morgan fingerprint density at radius 2 is 2.16 bits per heavy atom. The maximum atomic E-state index is 11.9. The van der Waals surface area contributed by atoms with E-state index in [0.29, 0.717) is 13.2 Å². The first-order chi connectivity index (χ1) is 8.92. The highest BCUT2D eigenvalue weighted by atomic mass is 32.2. The number of carbonyl (C=O) groups is 1. The van der Waals surface area contributed by atoms with Crippen LogP contribution in [0.5, 0.6) is 0 Å².